The molecule has 0 aromatic heterocycles. The smallest absolute Gasteiger partial charge is 0.224 e. The van der Waals surface area contributed by atoms with Crippen LogP contribution in [0.15, 0.2) is 77.5 Å². The molecule has 2 aromatic rings. The molecule has 0 radical (unpaired) electrons. The molecule has 1 aliphatic rings. The molecule has 1 amide bonds. The minimum absolute atomic E-state index is 0.0998. The van der Waals surface area contributed by atoms with Crippen molar-refractivity contribution in [3.05, 3.63) is 88.2 Å². The Kier molecular flexibility index (Phi) is 10.4. The second-order valence-corrected chi connectivity index (χ2v) is 10.6. The maximum Gasteiger partial charge on any atom is 0.224 e. The molecule has 8 heteroatoms. The Hall–Kier alpha value is -2.12. The lowest BCUT2D eigenvalue weighted by molar-refractivity contribution is -0.128. The van der Waals surface area contributed by atoms with Crippen molar-refractivity contribution in [2.24, 2.45) is 0 Å². The largest absolute Gasteiger partial charge is 0.377 e. The van der Waals surface area contributed by atoms with Gasteiger partial charge in [0.05, 0.1) is 17.5 Å². The Bertz CT molecular complexity index is 1070. The van der Waals surface area contributed by atoms with Gasteiger partial charge in [0.2, 0.25) is 5.91 Å². The van der Waals surface area contributed by atoms with Crippen LogP contribution in [0.4, 0.5) is 0 Å². The summed E-state index contributed by atoms with van der Waals surface area (Å²) in [5, 5.41) is 0.833. The standard InChI is InChI=1S/C27H32Cl2N2O3S/c1-4-6-13-26-25(5-2)27(31(26)35(33)24-17-22(28)16-23(29)18-24)30(20(3)32)14-10-15-34-19-21-11-8-7-9-12-21/h5,7-9,11-12,16-18,26H,2,4,6,10,13-15,19H2,1,3H3/t26-,35?/m0/s1. The zero-order chi connectivity index (χ0) is 25.4. The quantitative estimate of drug-likeness (QED) is 0.267. The van der Waals surface area contributed by atoms with Gasteiger partial charge in [0.1, 0.15) is 5.82 Å². The first-order chi connectivity index (χ1) is 16.9. The molecule has 1 unspecified atom stereocenters. The summed E-state index contributed by atoms with van der Waals surface area (Å²) in [5.41, 5.74) is 2.03. The molecule has 0 saturated heterocycles. The number of carbonyl (C=O) groups is 1. The highest BCUT2D eigenvalue weighted by molar-refractivity contribution is 7.83. The van der Waals surface area contributed by atoms with Gasteiger partial charge < -0.3 is 4.74 Å². The lowest BCUT2D eigenvalue weighted by Crippen LogP contribution is -2.54. The molecule has 5 nitrogen and oxygen atoms in total. The van der Waals surface area contributed by atoms with E-state index in [1.165, 1.54) is 6.92 Å². The van der Waals surface area contributed by atoms with E-state index in [1.807, 2.05) is 30.3 Å². The van der Waals surface area contributed by atoms with Crippen LogP contribution >= 0.6 is 23.2 Å². The zero-order valence-electron chi connectivity index (χ0n) is 20.2. The SMILES string of the molecule is C=CC1=C(N(CCCOCc2ccccc2)C(C)=O)N(S(=O)c2cc(Cl)cc(Cl)c2)[C@H]1CCCC. The number of nitrogens with zero attached hydrogens (tertiary/aromatic N) is 2. The summed E-state index contributed by atoms with van der Waals surface area (Å²) in [6, 6.07) is 14.8. The summed E-state index contributed by atoms with van der Waals surface area (Å²) >= 11 is 12.4. The monoisotopic (exact) mass is 534 g/mol. The molecule has 188 valence electrons. The van der Waals surface area contributed by atoms with Gasteiger partial charge in [0, 0.05) is 35.7 Å². The maximum absolute atomic E-state index is 13.7. The number of hydrogen-bond donors (Lipinski definition) is 0. The van der Waals surface area contributed by atoms with Crippen molar-refractivity contribution in [1.29, 1.82) is 0 Å². The molecule has 0 aliphatic carbocycles. The lowest BCUT2D eigenvalue weighted by Gasteiger charge is -2.48. The van der Waals surface area contributed by atoms with Gasteiger partial charge in [0.25, 0.3) is 0 Å². The number of rotatable bonds is 13. The summed E-state index contributed by atoms with van der Waals surface area (Å²) in [5.74, 6) is 0.508. The van der Waals surface area contributed by atoms with E-state index in [2.05, 4.69) is 13.5 Å². The van der Waals surface area contributed by atoms with Crippen LogP contribution in [0.2, 0.25) is 10.0 Å². The third kappa shape index (κ3) is 6.98. The summed E-state index contributed by atoms with van der Waals surface area (Å²) in [6.45, 7) is 9.09. The first-order valence-corrected chi connectivity index (χ1v) is 13.7. The van der Waals surface area contributed by atoms with E-state index >= 15 is 0 Å². The number of halogens is 2. The van der Waals surface area contributed by atoms with Gasteiger partial charge in [-0.25, -0.2) is 4.21 Å². The summed E-state index contributed by atoms with van der Waals surface area (Å²) in [7, 11) is -1.59. The topological polar surface area (TPSA) is 49.9 Å². The van der Waals surface area contributed by atoms with E-state index in [9.17, 15) is 9.00 Å². The van der Waals surface area contributed by atoms with Crippen LogP contribution in [0, 0.1) is 0 Å². The highest BCUT2D eigenvalue weighted by Gasteiger charge is 2.43. The fourth-order valence-corrected chi connectivity index (χ4v) is 6.24. The molecule has 35 heavy (non-hydrogen) atoms. The number of carbonyl (C=O) groups excluding carboxylic acids is 1. The van der Waals surface area contributed by atoms with E-state index in [0.29, 0.717) is 46.9 Å². The van der Waals surface area contributed by atoms with Gasteiger partial charge in [-0.2, -0.15) is 0 Å². The molecule has 0 N–H and O–H groups in total. The van der Waals surface area contributed by atoms with Gasteiger partial charge in [-0.15, -0.1) is 0 Å². The average molecular weight is 536 g/mol. The van der Waals surface area contributed by atoms with E-state index in [4.69, 9.17) is 27.9 Å². The first kappa shape index (κ1) is 27.5. The molecular weight excluding hydrogens is 503 g/mol. The Balaban J connectivity index is 1.79. The molecule has 0 saturated carbocycles. The molecule has 1 heterocycles. The number of unbranched alkanes of at least 4 members (excludes halogenated alkanes) is 1. The molecule has 0 spiro atoms. The van der Waals surface area contributed by atoms with Gasteiger partial charge in [0.15, 0.2) is 11.0 Å². The third-order valence-electron chi connectivity index (χ3n) is 5.79. The van der Waals surface area contributed by atoms with Gasteiger partial charge in [-0.05, 0) is 36.6 Å². The Labute approximate surface area is 220 Å². The van der Waals surface area contributed by atoms with E-state index in [0.717, 1.165) is 30.4 Å². The van der Waals surface area contributed by atoms with Crippen LogP contribution in [-0.2, 0) is 27.1 Å². The van der Waals surface area contributed by atoms with Crippen LogP contribution in [0.3, 0.4) is 0 Å². The van der Waals surface area contributed by atoms with Crippen molar-refractivity contribution in [3.8, 4) is 0 Å². The highest BCUT2D eigenvalue weighted by atomic mass is 35.5. The van der Waals surface area contributed by atoms with Crippen LogP contribution in [0.25, 0.3) is 0 Å². The minimum Gasteiger partial charge on any atom is -0.377 e. The Morgan fingerprint density at radius 3 is 2.46 bits per heavy atom. The predicted molar refractivity (Wildman–Crippen MR) is 143 cm³/mol. The Morgan fingerprint density at radius 1 is 1.17 bits per heavy atom. The fraction of sp³-hybridized carbons (Fsp3) is 0.370. The molecule has 1 aliphatic heterocycles. The van der Waals surface area contributed by atoms with Crippen LogP contribution in [-0.4, -0.2) is 38.5 Å². The summed E-state index contributed by atoms with van der Waals surface area (Å²) in [6.07, 6.45) is 5.20. The number of hydrogen-bond acceptors (Lipinski definition) is 3. The average Bonchev–Trinajstić information content (AvgIpc) is 2.82. The van der Waals surface area contributed by atoms with Crippen LogP contribution in [0.1, 0.15) is 45.1 Å². The molecular formula is C27H32Cl2N2O3S. The molecule has 2 atom stereocenters. The second-order valence-electron chi connectivity index (χ2n) is 8.38. The van der Waals surface area contributed by atoms with Crippen molar-refractivity contribution in [2.45, 2.75) is 57.1 Å². The number of ether oxygens (including phenoxy) is 1. The van der Waals surface area contributed by atoms with Crippen LogP contribution < -0.4 is 0 Å². The maximum atomic E-state index is 13.7. The molecule has 0 bridgehead atoms. The van der Waals surface area contributed by atoms with Crippen molar-refractivity contribution < 1.29 is 13.7 Å². The van der Waals surface area contributed by atoms with Gasteiger partial charge in [-0.1, -0.05) is 86.0 Å². The van der Waals surface area contributed by atoms with Crippen molar-refractivity contribution in [1.82, 2.24) is 9.21 Å². The lowest BCUT2D eigenvalue weighted by atomic mass is 9.94. The fourth-order valence-electron chi connectivity index (χ4n) is 4.09. The van der Waals surface area contributed by atoms with E-state index in [-0.39, 0.29) is 11.9 Å². The van der Waals surface area contributed by atoms with E-state index < -0.39 is 11.0 Å². The third-order valence-corrected chi connectivity index (χ3v) is 7.65. The zero-order valence-corrected chi connectivity index (χ0v) is 22.5. The Morgan fingerprint density at radius 2 is 1.86 bits per heavy atom. The van der Waals surface area contributed by atoms with Crippen molar-refractivity contribution >= 4 is 40.1 Å². The molecule has 2 aromatic carbocycles. The minimum atomic E-state index is -1.59. The van der Waals surface area contributed by atoms with Gasteiger partial charge in [-0.3, -0.25) is 14.0 Å². The van der Waals surface area contributed by atoms with Crippen molar-refractivity contribution in [3.63, 3.8) is 0 Å². The molecule has 0 fully saturated rings. The highest BCUT2D eigenvalue weighted by Crippen LogP contribution is 2.41. The van der Waals surface area contributed by atoms with Crippen molar-refractivity contribution in [2.75, 3.05) is 13.2 Å². The second kappa shape index (κ2) is 13.3. The van der Waals surface area contributed by atoms with E-state index in [1.54, 1.807) is 33.5 Å². The normalized spacial score (nSPS) is 16.1. The molecule has 3 rings (SSSR count). The number of benzene rings is 2. The van der Waals surface area contributed by atoms with Crippen LogP contribution in [0.5, 0.6) is 0 Å². The predicted octanol–water partition coefficient (Wildman–Crippen LogP) is 6.74. The first-order valence-electron chi connectivity index (χ1n) is 11.8. The van der Waals surface area contributed by atoms with Gasteiger partial charge >= 0.3 is 0 Å². The number of amides is 1. The summed E-state index contributed by atoms with van der Waals surface area (Å²) < 4.78 is 21.3. The summed E-state index contributed by atoms with van der Waals surface area (Å²) in [4.78, 5) is 14.9.